The van der Waals surface area contributed by atoms with Crippen molar-refractivity contribution in [1.29, 1.82) is 0 Å². The van der Waals surface area contributed by atoms with Gasteiger partial charge >= 0.3 is 5.69 Å². The first-order valence-corrected chi connectivity index (χ1v) is 8.15. The van der Waals surface area contributed by atoms with Gasteiger partial charge in [-0.1, -0.05) is 17.3 Å². The normalized spacial score (nSPS) is 11.0. The number of benzene rings is 2. The van der Waals surface area contributed by atoms with E-state index in [1.807, 2.05) is 12.1 Å². The van der Waals surface area contributed by atoms with Crippen molar-refractivity contribution in [3.63, 3.8) is 0 Å². The van der Waals surface area contributed by atoms with Crippen molar-refractivity contribution in [1.82, 2.24) is 9.97 Å². The molecule has 7 nitrogen and oxygen atoms in total. The van der Waals surface area contributed by atoms with Crippen LogP contribution in [0.5, 0.6) is 5.75 Å². The molecule has 0 saturated carbocycles. The molecule has 27 heavy (non-hydrogen) atoms. The smallest absolute Gasteiger partial charge is 0.347 e. The van der Waals surface area contributed by atoms with Gasteiger partial charge in [-0.3, -0.25) is 0 Å². The first-order chi connectivity index (χ1) is 13.0. The number of nitrogens with one attached hydrogen (secondary N) is 2. The second kappa shape index (κ2) is 8.13. The van der Waals surface area contributed by atoms with E-state index in [-0.39, 0.29) is 11.3 Å². The number of anilines is 1. The highest BCUT2D eigenvalue weighted by Crippen LogP contribution is 2.20. The number of phenolic OH excluding ortho intramolecular Hbond substituents is 1. The fraction of sp³-hybridized carbons (Fsp3) is 0.105. The van der Waals surface area contributed by atoms with Crippen LogP contribution in [0.1, 0.15) is 11.1 Å². The Kier molecular flexibility index (Phi) is 5.46. The number of H-pyrrole nitrogens is 1. The van der Waals surface area contributed by atoms with Crippen LogP contribution in [0.3, 0.4) is 0 Å². The van der Waals surface area contributed by atoms with Crippen molar-refractivity contribution in [2.24, 2.45) is 5.16 Å². The Morgan fingerprint density at radius 3 is 2.70 bits per heavy atom. The number of aromatic amines is 1. The summed E-state index contributed by atoms with van der Waals surface area (Å²) >= 11 is 0. The van der Waals surface area contributed by atoms with E-state index < -0.39 is 11.5 Å². The summed E-state index contributed by atoms with van der Waals surface area (Å²) in [6, 6.07) is 12.7. The molecule has 0 atom stereocenters. The van der Waals surface area contributed by atoms with Crippen molar-refractivity contribution < 1.29 is 14.7 Å². The number of rotatable bonds is 6. The molecule has 0 aliphatic heterocycles. The van der Waals surface area contributed by atoms with E-state index in [0.717, 1.165) is 11.8 Å². The van der Waals surface area contributed by atoms with E-state index in [2.05, 4.69) is 20.4 Å². The lowest BCUT2D eigenvalue weighted by Crippen LogP contribution is -2.16. The van der Waals surface area contributed by atoms with Crippen LogP contribution >= 0.6 is 0 Å². The number of oxime groups is 1. The number of halogens is 1. The molecule has 0 amide bonds. The van der Waals surface area contributed by atoms with Crippen LogP contribution < -0.4 is 11.0 Å². The Morgan fingerprint density at radius 2 is 1.96 bits per heavy atom. The fourth-order valence-electron chi connectivity index (χ4n) is 2.57. The molecule has 4 N–H and O–H groups in total. The number of hydrogen-bond donors (Lipinski definition) is 4. The van der Waals surface area contributed by atoms with Crippen LogP contribution in [0.4, 0.5) is 10.2 Å². The second-order valence-electron chi connectivity index (χ2n) is 5.81. The highest BCUT2D eigenvalue weighted by molar-refractivity contribution is 5.82. The van der Waals surface area contributed by atoms with Gasteiger partial charge in [0.15, 0.2) is 0 Å². The molecule has 0 fully saturated rings. The van der Waals surface area contributed by atoms with Crippen molar-refractivity contribution >= 4 is 12.0 Å². The van der Waals surface area contributed by atoms with Gasteiger partial charge in [0, 0.05) is 18.2 Å². The summed E-state index contributed by atoms with van der Waals surface area (Å²) in [6.07, 6.45) is 1.66. The molecule has 0 bridgehead atoms. The van der Waals surface area contributed by atoms with Crippen LogP contribution in [0.2, 0.25) is 0 Å². The zero-order valence-electron chi connectivity index (χ0n) is 14.2. The summed E-state index contributed by atoms with van der Waals surface area (Å²) < 4.78 is 13.7. The number of hydrogen-bond acceptors (Lipinski definition) is 6. The van der Waals surface area contributed by atoms with Gasteiger partial charge in [-0.25, -0.2) is 9.18 Å². The van der Waals surface area contributed by atoms with Crippen LogP contribution in [-0.2, 0) is 6.42 Å². The van der Waals surface area contributed by atoms with Gasteiger partial charge in [-0.15, -0.1) is 0 Å². The predicted octanol–water partition coefficient (Wildman–Crippen LogP) is 2.74. The van der Waals surface area contributed by atoms with E-state index >= 15 is 0 Å². The molecule has 0 aliphatic rings. The zero-order valence-corrected chi connectivity index (χ0v) is 14.2. The number of phenols is 1. The maximum absolute atomic E-state index is 13.7. The van der Waals surface area contributed by atoms with Gasteiger partial charge in [-0.05, 0) is 47.9 Å². The quantitative estimate of drug-likeness (QED) is 0.304. The number of nitrogens with zero attached hydrogens (tertiary/aromatic N) is 2. The molecule has 0 aliphatic carbocycles. The molecular weight excluding hydrogens is 351 g/mol. The third-order valence-corrected chi connectivity index (χ3v) is 3.90. The summed E-state index contributed by atoms with van der Waals surface area (Å²) in [7, 11) is 0. The molecule has 2 aromatic carbocycles. The second-order valence-corrected chi connectivity index (χ2v) is 5.81. The highest BCUT2D eigenvalue weighted by atomic mass is 19.1. The molecule has 0 spiro atoms. The van der Waals surface area contributed by atoms with Crippen molar-refractivity contribution in [2.45, 2.75) is 6.42 Å². The van der Waals surface area contributed by atoms with Crippen molar-refractivity contribution in [3.8, 4) is 17.0 Å². The standard InChI is InChI=1S/C19H17FN4O3/c20-16-6-3-13(9-14(16)11-22-27)17-10-18(24-19(26)23-17)21-8-7-12-1-4-15(25)5-2-12/h1-6,9-11,25,27H,7-8H2,(H2,21,23,24,26)/b22-11-. The molecule has 0 saturated heterocycles. The molecule has 1 heterocycles. The van der Waals surface area contributed by atoms with Crippen LogP contribution in [-0.4, -0.2) is 33.0 Å². The van der Waals surface area contributed by atoms with E-state index in [9.17, 15) is 14.3 Å². The van der Waals surface area contributed by atoms with E-state index in [4.69, 9.17) is 5.21 Å². The van der Waals surface area contributed by atoms with E-state index in [1.165, 1.54) is 18.2 Å². The monoisotopic (exact) mass is 368 g/mol. The van der Waals surface area contributed by atoms with Gasteiger partial charge in [-0.2, -0.15) is 4.98 Å². The number of aromatic nitrogens is 2. The zero-order chi connectivity index (χ0) is 19.2. The van der Waals surface area contributed by atoms with Crippen molar-refractivity contribution in [2.75, 3.05) is 11.9 Å². The minimum absolute atomic E-state index is 0.0921. The number of aromatic hydroxyl groups is 1. The van der Waals surface area contributed by atoms with Gasteiger partial charge in [0.1, 0.15) is 17.4 Å². The van der Waals surface area contributed by atoms with Gasteiger partial charge in [0.25, 0.3) is 0 Å². The average molecular weight is 368 g/mol. The molecule has 8 heteroatoms. The molecule has 0 unspecified atom stereocenters. The molecular formula is C19H17FN4O3. The van der Waals surface area contributed by atoms with Crippen LogP contribution in [0.15, 0.2) is 58.5 Å². The summed E-state index contributed by atoms with van der Waals surface area (Å²) in [6.45, 7) is 0.534. The average Bonchev–Trinajstić information content (AvgIpc) is 2.65. The maximum atomic E-state index is 13.7. The largest absolute Gasteiger partial charge is 0.508 e. The van der Waals surface area contributed by atoms with Gasteiger partial charge < -0.3 is 20.6 Å². The van der Waals surface area contributed by atoms with Gasteiger partial charge in [0.05, 0.1) is 11.9 Å². The van der Waals surface area contributed by atoms with E-state index in [1.54, 1.807) is 18.2 Å². The summed E-state index contributed by atoms with van der Waals surface area (Å²) in [5, 5.41) is 23.8. The minimum Gasteiger partial charge on any atom is -0.508 e. The van der Waals surface area contributed by atoms with Crippen LogP contribution in [0, 0.1) is 5.82 Å². The summed E-state index contributed by atoms with van der Waals surface area (Å²) in [5.41, 5.74) is 1.58. The first-order valence-electron chi connectivity index (χ1n) is 8.15. The Hall–Kier alpha value is -3.68. The first kappa shape index (κ1) is 18.1. The SMILES string of the molecule is O=c1nc(NCCc2ccc(O)cc2)cc(-c2ccc(F)c(/C=N\O)c2)[nH]1. The Balaban J connectivity index is 1.77. The Morgan fingerprint density at radius 1 is 1.19 bits per heavy atom. The molecule has 3 rings (SSSR count). The molecule has 3 aromatic rings. The molecule has 138 valence electrons. The maximum Gasteiger partial charge on any atom is 0.347 e. The van der Waals surface area contributed by atoms with E-state index in [0.29, 0.717) is 30.0 Å². The highest BCUT2D eigenvalue weighted by Gasteiger charge is 2.07. The van der Waals surface area contributed by atoms with Crippen molar-refractivity contribution in [3.05, 3.63) is 76.0 Å². The Bertz CT molecular complexity index is 1020. The summed E-state index contributed by atoms with van der Waals surface area (Å²) in [4.78, 5) is 18.3. The fourth-order valence-corrected chi connectivity index (χ4v) is 2.57. The third-order valence-electron chi connectivity index (χ3n) is 3.90. The Labute approximate surface area is 153 Å². The molecule has 0 radical (unpaired) electrons. The lowest BCUT2D eigenvalue weighted by molar-refractivity contribution is 0.321. The van der Waals surface area contributed by atoms with Crippen LogP contribution in [0.25, 0.3) is 11.3 Å². The topological polar surface area (TPSA) is 111 Å². The molecule has 1 aromatic heterocycles. The summed E-state index contributed by atoms with van der Waals surface area (Å²) in [5.74, 6) is 0.0481. The lowest BCUT2D eigenvalue weighted by Gasteiger charge is -2.08. The third kappa shape index (κ3) is 4.69. The predicted molar refractivity (Wildman–Crippen MR) is 99.9 cm³/mol. The lowest BCUT2D eigenvalue weighted by atomic mass is 10.1. The van der Waals surface area contributed by atoms with Gasteiger partial charge in [0.2, 0.25) is 0 Å². The minimum atomic E-state index is -0.541.